The van der Waals surface area contributed by atoms with Crippen LogP contribution in [-0.4, -0.2) is 19.6 Å². The van der Waals surface area contributed by atoms with Crippen molar-refractivity contribution in [3.05, 3.63) is 192 Å². The number of phenolic OH excluding ortho intramolecular Hbond substituents is 1. The van der Waals surface area contributed by atoms with Crippen LogP contribution in [0.1, 0.15) is 84.9 Å². The fourth-order valence-corrected chi connectivity index (χ4v) is 8.68. The molecule has 7 aromatic carbocycles. The van der Waals surface area contributed by atoms with Crippen LogP contribution in [0.3, 0.4) is 0 Å². The van der Waals surface area contributed by atoms with Crippen molar-refractivity contribution in [2.24, 2.45) is 0 Å². The Labute approximate surface area is 400 Å². The Morgan fingerprint density at radius 3 is 1.92 bits per heavy atom. The van der Waals surface area contributed by atoms with E-state index in [9.17, 15) is 6.48 Å². The molecule has 328 valence electrons. The van der Waals surface area contributed by atoms with Crippen LogP contribution in [0.25, 0.3) is 83.9 Å². The molecule has 9 aromatic rings. The zero-order valence-electron chi connectivity index (χ0n) is 39.7. The van der Waals surface area contributed by atoms with E-state index in [4.69, 9.17) is 9.97 Å². The Bertz CT molecular complexity index is 3210. The fraction of sp³-hybridized carbons (Fsp3) is 0.200. The Hall–Kier alpha value is -6.35. The second-order valence-corrected chi connectivity index (χ2v) is 19.3. The minimum absolute atomic E-state index is 0. The third kappa shape index (κ3) is 9.02. The molecule has 1 N–H and O–H groups in total. The van der Waals surface area contributed by atoms with Gasteiger partial charge in [0.1, 0.15) is 11.6 Å². The average molecular weight is 1030 g/mol. The molecule has 65 heavy (non-hydrogen) atoms. The topological polar surface area (TPSA) is 50.9 Å². The fourth-order valence-electron chi connectivity index (χ4n) is 8.68. The molecule has 2 aromatic heterocycles. The molecule has 0 fully saturated rings. The summed E-state index contributed by atoms with van der Waals surface area (Å²) >= 11 is 0. The molecule has 4 nitrogen and oxygen atoms in total. The molecule has 0 saturated heterocycles. The van der Waals surface area contributed by atoms with Crippen LogP contribution >= 0.6 is 0 Å². The molecule has 0 bridgehead atoms. The van der Waals surface area contributed by atoms with Crippen molar-refractivity contribution in [2.75, 3.05) is 0 Å². The summed E-state index contributed by atoms with van der Waals surface area (Å²) in [6.45, 7) is 19.0. The average Bonchev–Trinajstić information content (AvgIpc) is 3.68. The van der Waals surface area contributed by atoms with E-state index < -0.39 is 5.89 Å². The molecule has 0 saturated carbocycles. The Morgan fingerprint density at radius 2 is 1.26 bits per heavy atom. The summed E-state index contributed by atoms with van der Waals surface area (Å²) in [5, 5.41) is 12.5. The zero-order chi connectivity index (χ0) is 45.8. The van der Waals surface area contributed by atoms with Gasteiger partial charge in [-0.15, -0.1) is 23.8 Å². The number of para-hydroxylation sites is 1. The summed E-state index contributed by atoms with van der Waals surface area (Å²) in [5.74, 6) is -0.0930. The number of aryl methyl sites for hydroxylation is 1. The van der Waals surface area contributed by atoms with E-state index in [1.807, 2.05) is 44.3 Å². The molecule has 5 heteroatoms. The minimum Gasteiger partial charge on any atom is -0.507 e. The van der Waals surface area contributed by atoms with E-state index in [1.165, 1.54) is 5.56 Å². The number of nitrogens with zero attached hydrogens (tertiary/aromatic N) is 3. The summed E-state index contributed by atoms with van der Waals surface area (Å²) in [5.41, 5.74) is 16.5. The van der Waals surface area contributed by atoms with Crippen LogP contribution in [0.4, 0.5) is 0 Å². The van der Waals surface area contributed by atoms with E-state index in [1.54, 1.807) is 0 Å². The maximum absolute atomic E-state index is 12.5. The molecule has 0 aliphatic rings. The van der Waals surface area contributed by atoms with Crippen LogP contribution in [0, 0.1) is 13.0 Å². The molecule has 2 heterocycles. The van der Waals surface area contributed by atoms with Crippen molar-refractivity contribution in [3.63, 3.8) is 0 Å². The van der Waals surface area contributed by atoms with E-state index in [0.717, 1.165) is 89.2 Å². The molecule has 0 amide bonds. The zero-order valence-corrected chi connectivity index (χ0v) is 41.0. The molecule has 0 radical (unpaired) electrons. The van der Waals surface area contributed by atoms with Crippen molar-refractivity contribution >= 4 is 11.0 Å². The number of phenols is 1. The van der Waals surface area contributed by atoms with Crippen LogP contribution in [0.15, 0.2) is 164 Å². The van der Waals surface area contributed by atoms with Gasteiger partial charge in [0.15, 0.2) is 0 Å². The van der Waals surface area contributed by atoms with Gasteiger partial charge in [-0.25, -0.2) is 4.98 Å². The number of hydrogen-bond donors (Lipinski definition) is 1. The molecule has 0 aliphatic carbocycles. The first kappa shape index (κ1) is 43.9. The van der Waals surface area contributed by atoms with E-state index >= 15 is 0 Å². The summed E-state index contributed by atoms with van der Waals surface area (Å²) in [6.07, 6.45) is 1.88. The first-order valence-electron chi connectivity index (χ1n) is 22.7. The quantitative estimate of drug-likeness (QED) is 0.154. The second-order valence-electron chi connectivity index (χ2n) is 19.3. The molecule has 0 spiro atoms. The van der Waals surface area contributed by atoms with E-state index in [-0.39, 0.29) is 37.6 Å². The largest absolute Gasteiger partial charge is 0.507 e. The van der Waals surface area contributed by atoms with Crippen molar-refractivity contribution in [1.82, 2.24) is 14.5 Å². The number of aromatic hydroxyl groups is 1. The number of imidazole rings is 1. The van der Waals surface area contributed by atoms with Crippen LogP contribution < -0.4 is 0 Å². The summed E-state index contributed by atoms with van der Waals surface area (Å²) in [6, 6.07) is 58.6. The normalized spacial score (nSPS) is 12.2. The molecule has 0 unspecified atom stereocenters. The predicted octanol–water partition coefficient (Wildman–Crippen LogP) is 16.0. The van der Waals surface area contributed by atoms with Crippen LogP contribution in [0.5, 0.6) is 5.75 Å². The third-order valence-electron chi connectivity index (χ3n) is 12.3. The third-order valence-corrected chi connectivity index (χ3v) is 12.3. The van der Waals surface area contributed by atoms with E-state index in [0.29, 0.717) is 11.4 Å². The monoisotopic (exact) mass is 1030 g/mol. The number of hydrogen-bond acceptors (Lipinski definition) is 3. The number of benzene rings is 7. The van der Waals surface area contributed by atoms with Gasteiger partial charge in [-0.2, -0.15) is 0 Å². The number of pyridine rings is 1. The Balaban J connectivity index is 0.00000592. The van der Waals surface area contributed by atoms with Crippen LogP contribution in [-0.2, 0) is 31.9 Å². The van der Waals surface area contributed by atoms with Crippen molar-refractivity contribution in [3.8, 4) is 78.6 Å². The van der Waals surface area contributed by atoms with E-state index in [2.05, 4.69) is 193 Å². The summed E-state index contributed by atoms with van der Waals surface area (Å²) in [4.78, 5) is 10.5. The number of aromatic nitrogens is 3. The van der Waals surface area contributed by atoms with Crippen molar-refractivity contribution in [1.29, 1.82) is 0 Å². The molecule has 9 rings (SSSR count). The standard InChI is InChI=1S/C60H56N3O.Pt/c1-38(2)51-37-48(27-28-49(51)42-19-14-11-15-20-42)63-55-22-16-21-50(56(55)62-58(63)52-35-47(59(4,5)6)36-53(57(52)64)60(7,8)9)45-31-44(40-17-12-10-13-18-40)32-46(33-45)54-34-43(29-30-61-54)41-25-23-39(3)24-26-41;/h10-32,34-38,64H,1-9H3;/q-1;/i38D;. The summed E-state index contributed by atoms with van der Waals surface area (Å²) in [7, 11) is 0. The van der Waals surface area contributed by atoms with Gasteiger partial charge in [-0.05, 0) is 92.9 Å². The number of rotatable bonds is 8. The summed E-state index contributed by atoms with van der Waals surface area (Å²) < 4.78 is 11.6. The second kappa shape index (κ2) is 17.9. The predicted molar refractivity (Wildman–Crippen MR) is 268 cm³/mol. The molecular weight excluding hydrogens is 974 g/mol. The molecule has 0 aliphatic heterocycles. The van der Waals surface area contributed by atoms with Gasteiger partial charge in [-0.1, -0.05) is 193 Å². The SMILES string of the molecule is [2H]C(C)(C)c1cc(-n2c(-c3cc(C(C)(C)C)cc(C(C)(C)C)c3O)nc3c(-c4[c-]c(-c5cc(-c6ccc(C)cc6)ccn5)cc(-c5ccccc5)c4)cccc32)ccc1-c1ccccc1.[Pt]. The Kier molecular flexibility index (Phi) is 12.1. The first-order chi connectivity index (χ1) is 30.9. The number of fused-ring (bicyclic) bond motifs is 1. The first-order valence-corrected chi connectivity index (χ1v) is 22.2. The minimum atomic E-state index is -0.926. The maximum atomic E-state index is 12.5. The van der Waals surface area contributed by atoms with Crippen molar-refractivity contribution < 1.29 is 27.5 Å². The van der Waals surface area contributed by atoms with Gasteiger partial charge in [-0.3, -0.25) is 9.55 Å². The molecule has 0 atom stereocenters. The Morgan fingerprint density at radius 1 is 0.600 bits per heavy atom. The van der Waals surface area contributed by atoms with Crippen LogP contribution in [0.2, 0.25) is 0 Å². The maximum Gasteiger partial charge on any atom is 0.148 e. The van der Waals surface area contributed by atoms with Gasteiger partial charge in [0.2, 0.25) is 0 Å². The van der Waals surface area contributed by atoms with Gasteiger partial charge in [0.25, 0.3) is 0 Å². The van der Waals surface area contributed by atoms with Gasteiger partial charge >= 0.3 is 0 Å². The van der Waals surface area contributed by atoms with Crippen molar-refractivity contribution in [2.45, 2.75) is 79.0 Å². The molecular formula is C60H56N3OPt-. The van der Waals surface area contributed by atoms with Gasteiger partial charge < -0.3 is 5.11 Å². The van der Waals surface area contributed by atoms with Gasteiger partial charge in [0.05, 0.1) is 16.6 Å². The van der Waals surface area contributed by atoms with Gasteiger partial charge in [0, 0.05) is 45.6 Å². The smallest absolute Gasteiger partial charge is 0.148 e.